The minimum absolute atomic E-state index is 0.0191. The average molecular weight is 212 g/mol. The van der Waals surface area contributed by atoms with Gasteiger partial charge in [-0.1, -0.05) is 0 Å². The molecule has 15 heavy (non-hydrogen) atoms. The lowest BCUT2D eigenvalue weighted by Crippen LogP contribution is -2.62. The number of carbonyl (C=O) groups is 1. The molecule has 0 aromatic rings. The predicted octanol–water partition coefficient (Wildman–Crippen LogP) is 0.281. The maximum absolute atomic E-state index is 12.1. The molecule has 4 heteroatoms. The summed E-state index contributed by atoms with van der Waals surface area (Å²) in [6.07, 6.45) is 3.05. The second kappa shape index (κ2) is 4.49. The van der Waals surface area contributed by atoms with Crippen molar-refractivity contribution in [3.8, 4) is 0 Å². The molecule has 0 aliphatic carbocycles. The van der Waals surface area contributed by atoms with E-state index < -0.39 is 0 Å². The fraction of sp³-hybridized carbons (Fsp3) is 0.909. The van der Waals surface area contributed by atoms with Crippen LogP contribution in [0.5, 0.6) is 0 Å². The molecule has 2 rings (SSSR count). The van der Waals surface area contributed by atoms with Crippen LogP contribution >= 0.6 is 0 Å². The van der Waals surface area contributed by atoms with Crippen LogP contribution in [0, 0.1) is 5.41 Å². The van der Waals surface area contributed by atoms with Gasteiger partial charge in [0.25, 0.3) is 0 Å². The lowest BCUT2D eigenvalue weighted by Gasteiger charge is -2.45. The molecule has 0 amide bonds. The van der Waals surface area contributed by atoms with Crippen LogP contribution in [-0.4, -0.2) is 38.3 Å². The quantitative estimate of drug-likeness (QED) is 0.646. The molecule has 0 bridgehead atoms. The Morgan fingerprint density at radius 3 is 3.20 bits per heavy atom. The molecule has 0 aromatic heterocycles. The Kier molecular flexibility index (Phi) is 3.26. The molecule has 2 fully saturated rings. The summed E-state index contributed by atoms with van der Waals surface area (Å²) in [6, 6.07) is 0.312. The van der Waals surface area contributed by atoms with Gasteiger partial charge in [0.05, 0.1) is 12.0 Å². The van der Waals surface area contributed by atoms with Crippen LogP contribution in [0.15, 0.2) is 0 Å². The average Bonchev–Trinajstić information content (AvgIpc) is 2.29. The van der Waals surface area contributed by atoms with E-state index in [0.717, 1.165) is 38.9 Å². The third-order valence-corrected chi connectivity index (χ3v) is 3.59. The topological polar surface area (TPSA) is 50.4 Å². The smallest absolute Gasteiger partial charge is 0.314 e. The Bertz CT molecular complexity index is 231. The van der Waals surface area contributed by atoms with E-state index in [0.29, 0.717) is 12.6 Å². The second-order valence-corrected chi connectivity index (χ2v) is 4.45. The van der Waals surface area contributed by atoms with Crippen molar-refractivity contribution in [2.45, 2.75) is 32.2 Å². The molecular weight excluding hydrogens is 192 g/mol. The zero-order valence-electron chi connectivity index (χ0n) is 9.34. The van der Waals surface area contributed by atoms with Gasteiger partial charge in [-0.05, 0) is 39.3 Å². The van der Waals surface area contributed by atoms with Gasteiger partial charge in [-0.15, -0.1) is 0 Å². The van der Waals surface area contributed by atoms with Crippen molar-refractivity contribution in [2.24, 2.45) is 5.41 Å². The molecule has 0 saturated carbocycles. The maximum atomic E-state index is 12.1. The van der Waals surface area contributed by atoms with Gasteiger partial charge >= 0.3 is 5.97 Å². The normalized spacial score (nSPS) is 35.7. The first kappa shape index (κ1) is 10.9. The van der Waals surface area contributed by atoms with Crippen LogP contribution in [0.2, 0.25) is 0 Å². The van der Waals surface area contributed by atoms with E-state index in [1.54, 1.807) is 0 Å². The fourth-order valence-corrected chi connectivity index (χ4v) is 2.79. The molecule has 0 aromatic carbocycles. The number of carbonyl (C=O) groups excluding carboxylic acids is 1. The zero-order valence-corrected chi connectivity index (χ0v) is 9.34. The largest absolute Gasteiger partial charge is 0.465 e. The van der Waals surface area contributed by atoms with Crippen LogP contribution < -0.4 is 10.6 Å². The Hall–Kier alpha value is -0.610. The molecule has 2 aliphatic heterocycles. The number of nitrogens with one attached hydrogen (secondary N) is 2. The van der Waals surface area contributed by atoms with Crippen LogP contribution in [0.25, 0.3) is 0 Å². The summed E-state index contributed by atoms with van der Waals surface area (Å²) >= 11 is 0. The van der Waals surface area contributed by atoms with Crippen LogP contribution in [-0.2, 0) is 9.53 Å². The highest BCUT2D eigenvalue weighted by molar-refractivity contribution is 5.78. The summed E-state index contributed by atoms with van der Waals surface area (Å²) in [7, 11) is 0. The number of hydrogen-bond donors (Lipinski definition) is 2. The number of esters is 1. The van der Waals surface area contributed by atoms with Crippen molar-refractivity contribution in [3.05, 3.63) is 0 Å². The molecule has 0 unspecified atom stereocenters. The van der Waals surface area contributed by atoms with E-state index in [1.165, 1.54) is 0 Å². The van der Waals surface area contributed by atoms with Gasteiger partial charge < -0.3 is 15.4 Å². The van der Waals surface area contributed by atoms with Crippen molar-refractivity contribution < 1.29 is 9.53 Å². The van der Waals surface area contributed by atoms with Gasteiger partial charge in [0.2, 0.25) is 0 Å². The molecule has 0 radical (unpaired) electrons. The van der Waals surface area contributed by atoms with Crippen LogP contribution in [0.1, 0.15) is 26.2 Å². The van der Waals surface area contributed by atoms with Gasteiger partial charge in [0, 0.05) is 12.6 Å². The van der Waals surface area contributed by atoms with Gasteiger partial charge in [0.15, 0.2) is 0 Å². The highest BCUT2D eigenvalue weighted by Crippen LogP contribution is 2.35. The highest BCUT2D eigenvalue weighted by Gasteiger charge is 2.49. The monoisotopic (exact) mass is 212 g/mol. The van der Waals surface area contributed by atoms with Crippen molar-refractivity contribution >= 4 is 5.97 Å². The number of fused-ring (bicyclic) bond motifs is 1. The Morgan fingerprint density at radius 2 is 2.40 bits per heavy atom. The number of rotatable bonds is 2. The minimum atomic E-state index is -0.299. The summed E-state index contributed by atoms with van der Waals surface area (Å²) in [5.74, 6) is -0.0191. The zero-order chi connectivity index (χ0) is 10.7. The maximum Gasteiger partial charge on any atom is 0.314 e. The van der Waals surface area contributed by atoms with Crippen molar-refractivity contribution in [2.75, 3.05) is 26.2 Å². The Balaban J connectivity index is 2.14. The number of ether oxygens (including phenoxy) is 1. The molecule has 86 valence electrons. The molecule has 2 N–H and O–H groups in total. The minimum Gasteiger partial charge on any atom is -0.465 e. The predicted molar refractivity (Wildman–Crippen MR) is 57.6 cm³/mol. The van der Waals surface area contributed by atoms with E-state index >= 15 is 0 Å². The van der Waals surface area contributed by atoms with Crippen molar-refractivity contribution in [1.29, 1.82) is 0 Å². The molecule has 2 saturated heterocycles. The third kappa shape index (κ3) is 1.88. The Labute approximate surface area is 90.8 Å². The third-order valence-electron chi connectivity index (χ3n) is 3.59. The summed E-state index contributed by atoms with van der Waals surface area (Å²) < 4.78 is 5.22. The molecule has 2 aliphatic rings. The summed E-state index contributed by atoms with van der Waals surface area (Å²) in [4.78, 5) is 12.1. The first-order chi connectivity index (χ1) is 7.29. The Morgan fingerprint density at radius 1 is 1.53 bits per heavy atom. The van der Waals surface area contributed by atoms with Gasteiger partial charge in [0.1, 0.15) is 0 Å². The molecular formula is C11H20N2O2. The van der Waals surface area contributed by atoms with Crippen LogP contribution in [0.4, 0.5) is 0 Å². The molecule has 0 spiro atoms. The highest BCUT2D eigenvalue weighted by atomic mass is 16.5. The van der Waals surface area contributed by atoms with Crippen LogP contribution in [0.3, 0.4) is 0 Å². The fourth-order valence-electron chi connectivity index (χ4n) is 2.79. The lowest BCUT2D eigenvalue weighted by molar-refractivity contribution is -0.160. The summed E-state index contributed by atoms with van der Waals surface area (Å²) in [5, 5.41) is 6.78. The van der Waals surface area contributed by atoms with Gasteiger partial charge in [-0.2, -0.15) is 0 Å². The summed E-state index contributed by atoms with van der Waals surface area (Å²) in [5.41, 5.74) is -0.299. The van der Waals surface area contributed by atoms with Crippen molar-refractivity contribution in [3.63, 3.8) is 0 Å². The van der Waals surface area contributed by atoms with E-state index in [-0.39, 0.29) is 11.4 Å². The lowest BCUT2D eigenvalue weighted by atomic mass is 9.71. The van der Waals surface area contributed by atoms with Crippen molar-refractivity contribution in [1.82, 2.24) is 10.6 Å². The van der Waals surface area contributed by atoms with E-state index in [4.69, 9.17) is 4.74 Å². The van der Waals surface area contributed by atoms with E-state index in [9.17, 15) is 4.79 Å². The second-order valence-electron chi connectivity index (χ2n) is 4.45. The van der Waals surface area contributed by atoms with Gasteiger partial charge in [-0.25, -0.2) is 0 Å². The first-order valence-electron chi connectivity index (χ1n) is 5.91. The van der Waals surface area contributed by atoms with Gasteiger partial charge in [-0.3, -0.25) is 4.79 Å². The number of piperidine rings is 2. The van der Waals surface area contributed by atoms with E-state index in [1.807, 2.05) is 6.92 Å². The molecule has 4 nitrogen and oxygen atoms in total. The SMILES string of the molecule is CCOC(=O)[C@@]12CCCN[C@@H]1CCNC2. The standard InChI is InChI=1S/C11H20N2O2/c1-2-15-10(14)11-5-3-6-13-9(11)4-7-12-8-11/h9,12-13H,2-8H2,1H3/t9-,11-/m1/s1. The summed E-state index contributed by atoms with van der Waals surface area (Å²) in [6.45, 7) is 5.15. The number of hydrogen-bond acceptors (Lipinski definition) is 4. The molecule has 2 heterocycles. The first-order valence-corrected chi connectivity index (χ1v) is 5.91. The molecule has 2 atom stereocenters. The van der Waals surface area contributed by atoms with E-state index in [2.05, 4.69) is 10.6 Å².